The van der Waals surface area contributed by atoms with Gasteiger partial charge in [-0.05, 0) is 74.8 Å². The lowest BCUT2D eigenvalue weighted by Gasteiger charge is -2.47. The molecule has 1 aliphatic carbocycles. The molecular formula is C28H36F3N3O4S. The van der Waals surface area contributed by atoms with Crippen LogP contribution >= 0.6 is 12.2 Å². The van der Waals surface area contributed by atoms with Crippen LogP contribution in [0.1, 0.15) is 36.8 Å². The van der Waals surface area contributed by atoms with Crippen molar-refractivity contribution in [1.29, 1.82) is 0 Å². The van der Waals surface area contributed by atoms with Gasteiger partial charge < -0.3 is 29.7 Å². The maximum absolute atomic E-state index is 10.6. The van der Waals surface area contributed by atoms with Crippen LogP contribution in [0.3, 0.4) is 0 Å². The molecule has 2 fully saturated rings. The Labute approximate surface area is 232 Å². The van der Waals surface area contributed by atoms with Gasteiger partial charge in [0.05, 0.1) is 14.2 Å². The van der Waals surface area contributed by atoms with Crippen LogP contribution in [0.2, 0.25) is 0 Å². The SMILES string of the molecule is COc1ccc([C@@]23CC[C@H](N(C)C(=S)NCc4ccccc4)C[C@@H]2N(C)CC3)cc1OC.O=C(O)C(F)(F)F. The Balaban J connectivity index is 0.000000532. The minimum Gasteiger partial charge on any atom is -0.493 e. The van der Waals surface area contributed by atoms with Gasteiger partial charge in [0.25, 0.3) is 0 Å². The van der Waals surface area contributed by atoms with Gasteiger partial charge in [0.2, 0.25) is 0 Å². The van der Waals surface area contributed by atoms with Crippen LogP contribution in [0.15, 0.2) is 48.5 Å². The van der Waals surface area contributed by atoms with E-state index in [2.05, 4.69) is 71.7 Å². The van der Waals surface area contributed by atoms with Crippen LogP contribution in [0.25, 0.3) is 0 Å². The molecule has 0 radical (unpaired) electrons. The van der Waals surface area contributed by atoms with Crippen molar-refractivity contribution in [2.45, 2.75) is 55.9 Å². The normalized spacial score (nSPS) is 22.6. The third-order valence-corrected chi connectivity index (χ3v) is 8.29. The van der Waals surface area contributed by atoms with E-state index >= 15 is 0 Å². The Hall–Kier alpha value is -3.05. The Morgan fingerprint density at radius 1 is 1.15 bits per heavy atom. The van der Waals surface area contributed by atoms with Gasteiger partial charge in [0.1, 0.15) is 0 Å². The number of benzene rings is 2. The number of thiocarbonyl (C=S) groups is 1. The number of likely N-dealkylation sites (tertiary alicyclic amines) is 1. The fourth-order valence-corrected chi connectivity index (χ4v) is 5.88. The Bertz CT molecular complexity index is 1130. The maximum Gasteiger partial charge on any atom is 0.490 e. The van der Waals surface area contributed by atoms with Crippen LogP contribution < -0.4 is 14.8 Å². The fraction of sp³-hybridized carbons (Fsp3) is 0.500. The molecule has 2 aromatic carbocycles. The summed E-state index contributed by atoms with van der Waals surface area (Å²) in [6, 6.07) is 17.8. The molecule has 1 saturated carbocycles. The van der Waals surface area contributed by atoms with Crippen molar-refractivity contribution >= 4 is 23.3 Å². The predicted octanol–water partition coefficient (Wildman–Crippen LogP) is 4.84. The molecule has 3 atom stereocenters. The van der Waals surface area contributed by atoms with Crippen molar-refractivity contribution in [2.24, 2.45) is 0 Å². The highest BCUT2D eigenvalue weighted by molar-refractivity contribution is 7.80. The van der Waals surface area contributed by atoms with Gasteiger partial charge >= 0.3 is 12.1 Å². The van der Waals surface area contributed by atoms with Gasteiger partial charge in [-0.3, -0.25) is 0 Å². The Morgan fingerprint density at radius 2 is 1.79 bits per heavy atom. The summed E-state index contributed by atoms with van der Waals surface area (Å²) in [6.45, 7) is 1.88. The van der Waals surface area contributed by atoms with Gasteiger partial charge in [-0.15, -0.1) is 0 Å². The topological polar surface area (TPSA) is 74.3 Å². The van der Waals surface area contributed by atoms with Crippen LogP contribution in [0.5, 0.6) is 11.5 Å². The smallest absolute Gasteiger partial charge is 0.490 e. The molecule has 4 rings (SSSR count). The molecule has 0 unspecified atom stereocenters. The fourth-order valence-electron chi connectivity index (χ4n) is 5.66. The third-order valence-electron chi connectivity index (χ3n) is 7.86. The van der Waals surface area contributed by atoms with E-state index in [1.165, 1.54) is 17.5 Å². The lowest BCUT2D eigenvalue weighted by atomic mass is 9.65. The van der Waals surface area contributed by atoms with E-state index in [0.29, 0.717) is 12.1 Å². The molecule has 2 aliphatic rings. The first-order valence-electron chi connectivity index (χ1n) is 12.7. The molecule has 1 aliphatic heterocycles. The molecule has 1 heterocycles. The number of carboxylic acids is 1. The summed E-state index contributed by atoms with van der Waals surface area (Å²) >= 11 is 5.76. The summed E-state index contributed by atoms with van der Waals surface area (Å²) in [5.74, 6) is -1.15. The Morgan fingerprint density at radius 3 is 2.38 bits per heavy atom. The number of methoxy groups -OCH3 is 2. The number of nitrogens with zero attached hydrogens (tertiary/aromatic N) is 2. The number of rotatable bonds is 6. The van der Waals surface area contributed by atoms with E-state index in [4.69, 9.17) is 31.6 Å². The van der Waals surface area contributed by atoms with Crippen molar-refractivity contribution in [3.8, 4) is 11.5 Å². The summed E-state index contributed by atoms with van der Waals surface area (Å²) in [5.41, 5.74) is 2.77. The molecule has 2 aromatic rings. The van der Waals surface area contributed by atoms with Gasteiger partial charge in [0.15, 0.2) is 16.6 Å². The standard InChI is InChI=1S/C26H35N3O2S.C2HF3O2/c1-28-15-14-26(20-10-11-22(30-3)23(16-20)31-4)13-12-21(17-24(26)28)29(2)25(32)27-18-19-8-6-5-7-9-19;3-2(4,5)1(6)7/h5-11,16,21,24H,12-15,17-18H2,1-4H3,(H,27,32);(H,6,7)/t21-,24-,26-;/m0./s1. The van der Waals surface area contributed by atoms with Gasteiger partial charge in [0, 0.05) is 31.1 Å². The molecule has 0 amide bonds. The average Bonchev–Trinajstić information content (AvgIpc) is 3.27. The van der Waals surface area contributed by atoms with E-state index in [1.807, 2.05) is 6.07 Å². The van der Waals surface area contributed by atoms with Gasteiger partial charge in [-0.2, -0.15) is 13.2 Å². The quantitative estimate of drug-likeness (QED) is 0.481. The molecule has 214 valence electrons. The summed E-state index contributed by atoms with van der Waals surface area (Å²) < 4.78 is 42.8. The molecular weight excluding hydrogens is 531 g/mol. The molecule has 1 saturated heterocycles. The minimum atomic E-state index is -5.08. The number of ether oxygens (including phenoxy) is 2. The van der Waals surface area contributed by atoms with E-state index in [1.54, 1.807) is 14.2 Å². The number of carboxylic acid groups (broad SMARTS) is 1. The van der Waals surface area contributed by atoms with Crippen molar-refractivity contribution in [2.75, 3.05) is 34.9 Å². The first-order valence-corrected chi connectivity index (χ1v) is 13.1. The summed E-state index contributed by atoms with van der Waals surface area (Å²) in [4.78, 5) is 13.7. The number of aliphatic carboxylic acids is 1. The number of halogens is 3. The zero-order chi connectivity index (χ0) is 28.8. The largest absolute Gasteiger partial charge is 0.493 e. The van der Waals surface area contributed by atoms with Crippen LogP contribution in [-0.4, -0.2) is 79.1 Å². The molecule has 39 heavy (non-hydrogen) atoms. The highest BCUT2D eigenvalue weighted by Gasteiger charge is 2.51. The average molecular weight is 568 g/mol. The predicted molar refractivity (Wildman–Crippen MR) is 147 cm³/mol. The van der Waals surface area contributed by atoms with Crippen molar-refractivity contribution < 1.29 is 32.5 Å². The lowest BCUT2D eigenvalue weighted by Crippen LogP contribution is -2.53. The first-order chi connectivity index (χ1) is 18.4. The monoisotopic (exact) mass is 567 g/mol. The second-order valence-electron chi connectivity index (χ2n) is 9.96. The number of fused-ring (bicyclic) bond motifs is 1. The summed E-state index contributed by atoms with van der Waals surface area (Å²) in [6.07, 6.45) is -0.526. The van der Waals surface area contributed by atoms with Crippen molar-refractivity contribution in [3.05, 3.63) is 59.7 Å². The summed E-state index contributed by atoms with van der Waals surface area (Å²) in [7, 11) is 7.81. The molecule has 0 aromatic heterocycles. The maximum atomic E-state index is 10.6. The van der Waals surface area contributed by atoms with Crippen LogP contribution in [0, 0.1) is 0 Å². The van der Waals surface area contributed by atoms with E-state index < -0.39 is 12.1 Å². The van der Waals surface area contributed by atoms with Crippen molar-refractivity contribution in [1.82, 2.24) is 15.1 Å². The first kappa shape index (κ1) is 30.5. The zero-order valence-corrected chi connectivity index (χ0v) is 23.4. The number of hydrogen-bond acceptors (Lipinski definition) is 5. The molecule has 0 bridgehead atoms. The molecule has 7 nitrogen and oxygen atoms in total. The second kappa shape index (κ2) is 12.9. The molecule has 0 spiro atoms. The van der Waals surface area contributed by atoms with E-state index in [9.17, 15) is 13.2 Å². The summed E-state index contributed by atoms with van der Waals surface area (Å²) in [5, 5.41) is 11.4. The van der Waals surface area contributed by atoms with Gasteiger partial charge in [-0.1, -0.05) is 36.4 Å². The highest BCUT2D eigenvalue weighted by Crippen LogP contribution is 2.50. The van der Waals surface area contributed by atoms with E-state index in [0.717, 1.165) is 49.0 Å². The van der Waals surface area contributed by atoms with Crippen LogP contribution in [-0.2, 0) is 16.8 Å². The number of carbonyl (C=O) groups is 1. The Kier molecular flexibility index (Phi) is 10.1. The third kappa shape index (κ3) is 7.13. The number of alkyl halides is 3. The second-order valence-corrected chi connectivity index (χ2v) is 10.3. The van der Waals surface area contributed by atoms with Crippen LogP contribution in [0.4, 0.5) is 13.2 Å². The van der Waals surface area contributed by atoms with Gasteiger partial charge in [-0.25, -0.2) is 4.79 Å². The van der Waals surface area contributed by atoms with E-state index in [-0.39, 0.29) is 5.41 Å². The highest BCUT2D eigenvalue weighted by atomic mass is 32.1. The lowest BCUT2D eigenvalue weighted by molar-refractivity contribution is -0.192. The number of likely N-dealkylation sites (N-methyl/N-ethyl adjacent to an activating group) is 1. The number of nitrogens with one attached hydrogen (secondary N) is 1. The minimum absolute atomic E-state index is 0.157. The van der Waals surface area contributed by atoms with Crippen molar-refractivity contribution in [3.63, 3.8) is 0 Å². The molecule has 11 heteroatoms. The molecule has 2 N–H and O–H groups in total. The number of hydrogen-bond donors (Lipinski definition) is 2. The zero-order valence-electron chi connectivity index (χ0n) is 22.6.